The molecular formula is C24H27N5OS. The number of fused-ring (bicyclic) bond motifs is 1. The molecule has 1 aromatic carbocycles. The lowest BCUT2D eigenvalue weighted by Crippen LogP contribution is -2.44. The summed E-state index contributed by atoms with van der Waals surface area (Å²) in [6.45, 7) is 2.24. The quantitative estimate of drug-likeness (QED) is 0.609. The first-order chi connectivity index (χ1) is 15.2. The van der Waals surface area contributed by atoms with Gasteiger partial charge in [0.25, 0.3) is 0 Å². The highest BCUT2D eigenvalue weighted by Gasteiger charge is 2.31. The average Bonchev–Trinajstić information content (AvgIpc) is 3.50. The Morgan fingerprint density at radius 3 is 2.87 bits per heavy atom. The second-order valence-corrected chi connectivity index (χ2v) is 9.40. The van der Waals surface area contributed by atoms with E-state index in [-0.39, 0.29) is 11.8 Å². The first-order valence-corrected chi connectivity index (χ1v) is 11.9. The van der Waals surface area contributed by atoms with Gasteiger partial charge in [0.2, 0.25) is 5.91 Å². The number of aryl methyl sites for hydroxylation is 1. The molecule has 2 aliphatic rings. The Labute approximate surface area is 187 Å². The Hall–Kier alpha value is -2.80. The van der Waals surface area contributed by atoms with Gasteiger partial charge in [0, 0.05) is 48.5 Å². The summed E-state index contributed by atoms with van der Waals surface area (Å²) >= 11 is 1.59. The second-order valence-electron chi connectivity index (χ2n) is 8.42. The van der Waals surface area contributed by atoms with Crippen molar-refractivity contribution >= 4 is 23.1 Å². The molecule has 0 spiro atoms. The van der Waals surface area contributed by atoms with E-state index in [4.69, 9.17) is 9.97 Å². The number of anilines is 1. The molecule has 1 fully saturated rings. The summed E-state index contributed by atoms with van der Waals surface area (Å²) in [6, 6.07) is 10.2. The lowest BCUT2D eigenvalue weighted by atomic mass is 9.96. The molecule has 1 aliphatic heterocycles. The van der Waals surface area contributed by atoms with Crippen LogP contribution in [0.3, 0.4) is 0 Å². The van der Waals surface area contributed by atoms with E-state index >= 15 is 0 Å². The number of amides is 1. The summed E-state index contributed by atoms with van der Waals surface area (Å²) in [7, 11) is 1.89. The summed E-state index contributed by atoms with van der Waals surface area (Å²) in [5, 5.41) is 2.93. The monoisotopic (exact) mass is 433 g/mol. The first-order valence-electron chi connectivity index (χ1n) is 11.0. The molecule has 1 atom stereocenters. The zero-order valence-electron chi connectivity index (χ0n) is 17.8. The van der Waals surface area contributed by atoms with Crippen LogP contribution in [0.2, 0.25) is 0 Å². The van der Waals surface area contributed by atoms with Crippen molar-refractivity contribution in [1.29, 1.82) is 0 Å². The van der Waals surface area contributed by atoms with Crippen molar-refractivity contribution in [3.05, 3.63) is 58.2 Å². The van der Waals surface area contributed by atoms with Gasteiger partial charge in [-0.3, -0.25) is 4.79 Å². The van der Waals surface area contributed by atoms with Crippen molar-refractivity contribution in [2.24, 2.45) is 5.92 Å². The van der Waals surface area contributed by atoms with Crippen LogP contribution in [0.15, 0.2) is 41.9 Å². The fourth-order valence-electron chi connectivity index (χ4n) is 4.69. The van der Waals surface area contributed by atoms with E-state index in [9.17, 15) is 4.79 Å². The summed E-state index contributed by atoms with van der Waals surface area (Å²) in [6.07, 6.45) is 6.89. The zero-order chi connectivity index (χ0) is 21.2. The number of aromatic nitrogens is 3. The molecule has 0 bridgehead atoms. The maximum Gasteiger partial charge on any atom is 0.227 e. The van der Waals surface area contributed by atoms with Gasteiger partial charge >= 0.3 is 0 Å². The molecule has 5 rings (SSSR count). The average molecular weight is 434 g/mol. The van der Waals surface area contributed by atoms with Gasteiger partial charge in [-0.05, 0) is 32.1 Å². The van der Waals surface area contributed by atoms with Gasteiger partial charge in [0.05, 0.1) is 12.5 Å². The van der Waals surface area contributed by atoms with Gasteiger partial charge < -0.3 is 9.80 Å². The van der Waals surface area contributed by atoms with Crippen molar-refractivity contribution in [3.63, 3.8) is 0 Å². The molecule has 1 saturated heterocycles. The third-order valence-electron chi connectivity index (χ3n) is 6.25. The first kappa shape index (κ1) is 20.1. The second kappa shape index (κ2) is 8.75. The third kappa shape index (κ3) is 4.19. The number of hydrogen-bond donors (Lipinski definition) is 0. The van der Waals surface area contributed by atoms with E-state index in [1.807, 2.05) is 35.5 Å². The number of piperidine rings is 1. The van der Waals surface area contributed by atoms with E-state index in [1.165, 1.54) is 11.3 Å². The van der Waals surface area contributed by atoms with Crippen LogP contribution >= 0.6 is 11.3 Å². The molecule has 0 unspecified atom stereocenters. The van der Waals surface area contributed by atoms with Crippen molar-refractivity contribution in [3.8, 4) is 11.4 Å². The maximum atomic E-state index is 13.2. The molecule has 2 aromatic heterocycles. The summed E-state index contributed by atoms with van der Waals surface area (Å²) in [4.78, 5) is 31.6. The van der Waals surface area contributed by atoms with Crippen molar-refractivity contribution in [1.82, 2.24) is 19.9 Å². The summed E-state index contributed by atoms with van der Waals surface area (Å²) in [5.74, 6) is 2.03. The van der Waals surface area contributed by atoms with Gasteiger partial charge in [-0.15, -0.1) is 11.3 Å². The molecule has 6 nitrogen and oxygen atoms in total. The zero-order valence-corrected chi connectivity index (χ0v) is 18.6. The summed E-state index contributed by atoms with van der Waals surface area (Å²) < 4.78 is 0. The van der Waals surface area contributed by atoms with Gasteiger partial charge in [-0.1, -0.05) is 30.3 Å². The Morgan fingerprint density at radius 2 is 2.06 bits per heavy atom. The molecular weight excluding hydrogens is 406 g/mol. The molecule has 160 valence electrons. The highest BCUT2D eigenvalue weighted by Crippen LogP contribution is 2.34. The lowest BCUT2D eigenvalue weighted by molar-refractivity contribution is -0.135. The molecule has 0 radical (unpaired) electrons. The number of rotatable bonds is 5. The topological polar surface area (TPSA) is 62.2 Å². The molecule has 3 heterocycles. The van der Waals surface area contributed by atoms with Gasteiger partial charge in [-0.25, -0.2) is 15.0 Å². The number of nitrogens with zero attached hydrogens (tertiary/aromatic N) is 5. The van der Waals surface area contributed by atoms with Crippen molar-refractivity contribution in [2.45, 2.75) is 38.6 Å². The normalized spacial score (nSPS) is 18.1. The molecule has 7 heteroatoms. The standard InChI is InChI=1S/C24H27N5OS/c1-28(16-21-25-12-14-31-21)24(30)18-9-6-13-29(15-18)23-19-10-5-11-20(19)26-22(27-23)17-7-3-2-4-8-17/h2-4,7-8,12,14,18H,5-6,9-11,13,15-16H2,1H3/t18-/m0/s1. The number of carbonyl (C=O) groups excluding carboxylic acids is 1. The van der Waals surface area contributed by atoms with Crippen LogP contribution in [0.4, 0.5) is 5.82 Å². The number of thiazole rings is 1. The Kier molecular flexibility index (Phi) is 5.68. The highest BCUT2D eigenvalue weighted by atomic mass is 32.1. The van der Waals surface area contributed by atoms with E-state index in [2.05, 4.69) is 22.0 Å². The molecule has 0 saturated carbocycles. The Balaban J connectivity index is 1.39. The molecule has 0 N–H and O–H groups in total. The summed E-state index contributed by atoms with van der Waals surface area (Å²) in [5.41, 5.74) is 3.51. The maximum absolute atomic E-state index is 13.2. The van der Waals surface area contributed by atoms with E-state index in [1.54, 1.807) is 17.5 Å². The highest BCUT2D eigenvalue weighted by molar-refractivity contribution is 7.09. The van der Waals surface area contributed by atoms with Crippen LogP contribution in [0, 0.1) is 5.92 Å². The van der Waals surface area contributed by atoms with Crippen LogP contribution in [-0.2, 0) is 24.2 Å². The number of carbonyl (C=O) groups is 1. The minimum absolute atomic E-state index is 0.00842. The number of benzene rings is 1. The minimum atomic E-state index is -0.00842. The predicted octanol–water partition coefficient (Wildman–Crippen LogP) is 3.96. The van der Waals surface area contributed by atoms with Crippen LogP contribution in [0.5, 0.6) is 0 Å². The lowest BCUT2D eigenvalue weighted by Gasteiger charge is -2.35. The Bertz CT molecular complexity index is 1050. The van der Waals surface area contributed by atoms with Gasteiger partial charge in [-0.2, -0.15) is 0 Å². The number of hydrogen-bond acceptors (Lipinski definition) is 6. The molecule has 1 amide bonds. The minimum Gasteiger partial charge on any atom is -0.355 e. The van der Waals surface area contributed by atoms with Crippen molar-refractivity contribution < 1.29 is 4.79 Å². The van der Waals surface area contributed by atoms with E-state index < -0.39 is 0 Å². The molecule has 3 aromatic rings. The largest absolute Gasteiger partial charge is 0.355 e. The van der Waals surface area contributed by atoms with Crippen LogP contribution in [0.1, 0.15) is 35.5 Å². The SMILES string of the molecule is CN(Cc1nccs1)C(=O)[C@H]1CCCN(c2nc(-c3ccccc3)nc3c2CCC3)C1. The Morgan fingerprint density at radius 1 is 1.19 bits per heavy atom. The fraction of sp³-hybridized carbons (Fsp3) is 0.417. The molecule has 1 aliphatic carbocycles. The fourth-order valence-corrected chi connectivity index (χ4v) is 5.35. The van der Waals surface area contributed by atoms with Crippen LogP contribution in [0.25, 0.3) is 11.4 Å². The van der Waals surface area contributed by atoms with E-state index in [0.717, 1.165) is 67.4 Å². The van der Waals surface area contributed by atoms with Gasteiger partial charge in [0.15, 0.2) is 5.82 Å². The van der Waals surface area contributed by atoms with Gasteiger partial charge in [0.1, 0.15) is 10.8 Å². The third-order valence-corrected chi connectivity index (χ3v) is 7.01. The van der Waals surface area contributed by atoms with E-state index in [0.29, 0.717) is 6.54 Å². The van der Waals surface area contributed by atoms with Crippen LogP contribution < -0.4 is 4.90 Å². The smallest absolute Gasteiger partial charge is 0.227 e. The molecule has 31 heavy (non-hydrogen) atoms. The predicted molar refractivity (Wildman–Crippen MR) is 123 cm³/mol. The van der Waals surface area contributed by atoms with Crippen molar-refractivity contribution in [2.75, 3.05) is 25.0 Å². The van der Waals surface area contributed by atoms with Crippen LogP contribution in [-0.4, -0.2) is 45.9 Å².